The quantitative estimate of drug-likeness (QED) is 0.508. The van der Waals surface area contributed by atoms with Crippen LogP contribution in [0.2, 0.25) is 5.02 Å². The summed E-state index contributed by atoms with van der Waals surface area (Å²) in [6.07, 6.45) is 0. The Morgan fingerprint density at radius 2 is 2.25 bits per heavy atom. The molecule has 82 valence electrons. The third-order valence-corrected chi connectivity index (χ3v) is 2.17. The predicted octanol–water partition coefficient (Wildman–Crippen LogP) is 2.96. The zero-order chi connectivity index (χ0) is 11.7. The van der Waals surface area contributed by atoms with Gasteiger partial charge in [-0.2, -0.15) is 0 Å². The van der Waals surface area contributed by atoms with Crippen LogP contribution in [0.4, 0.5) is 5.69 Å². The number of nitro groups is 1. The van der Waals surface area contributed by atoms with Crippen LogP contribution in [-0.2, 0) is 0 Å². The van der Waals surface area contributed by atoms with E-state index in [-0.39, 0.29) is 21.4 Å². The highest BCUT2D eigenvalue weighted by molar-refractivity contribution is 7.71. The van der Waals surface area contributed by atoms with Crippen molar-refractivity contribution in [1.82, 2.24) is 10.2 Å². The molecule has 0 aliphatic heterocycles. The van der Waals surface area contributed by atoms with E-state index in [9.17, 15) is 10.1 Å². The molecule has 1 heterocycles. The second kappa shape index (κ2) is 4.03. The number of nitrogens with zero attached hydrogens (tertiary/aromatic N) is 2. The molecule has 0 saturated heterocycles. The molecule has 0 aliphatic carbocycles. The van der Waals surface area contributed by atoms with E-state index in [0.29, 0.717) is 5.56 Å². The minimum absolute atomic E-state index is 0.0950. The monoisotopic (exact) mass is 257 g/mol. The van der Waals surface area contributed by atoms with E-state index in [0.717, 1.165) is 0 Å². The molecular weight excluding hydrogens is 254 g/mol. The van der Waals surface area contributed by atoms with Gasteiger partial charge in [0.2, 0.25) is 5.89 Å². The molecule has 0 atom stereocenters. The van der Waals surface area contributed by atoms with Crippen LogP contribution in [0.5, 0.6) is 0 Å². The van der Waals surface area contributed by atoms with E-state index in [1.165, 1.54) is 18.2 Å². The van der Waals surface area contributed by atoms with E-state index < -0.39 is 4.92 Å². The lowest BCUT2D eigenvalue weighted by Gasteiger charge is -1.96. The largest absolute Gasteiger partial charge is 0.409 e. The highest BCUT2D eigenvalue weighted by Crippen LogP contribution is 2.27. The van der Waals surface area contributed by atoms with Crippen molar-refractivity contribution < 1.29 is 9.34 Å². The molecule has 0 aliphatic rings. The first-order chi connectivity index (χ1) is 7.56. The van der Waals surface area contributed by atoms with Gasteiger partial charge in [-0.05, 0) is 18.3 Å². The average molecular weight is 258 g/mol. The number of aromatic amines is 1. The minimum Gasteiger partial charge on any atom is -0.409 e. The van der Waals surface area contributed by atoms with Gasteiger partial charge in [0.15, 0.2) is 0 Å². The Labute approximate surface area is 99.0 Å². The van der Waals surface area contributed by atoms with Crippen molar-refractivity contribution in [2.45, 2.75) is 0 Å². The van der Waals surface area contributed by atoms with Gasteiger partial charge in [-0.15, -0.1) is 5.10 Å². The topological polar surface area (TPSA) is 85.0 Å². The van der Waals surface area contributed by atoms with Crippen molar-refractivity contribution in [3.05, 3.63) is 38.2 Å². The third-order valence-electron chi connectivity index (χ3n) is 1.78. The molecule has 1 aromatic carbocycles. The molecule has 0 saturated carbocycles. The highest BCUT2D eigenvalue weighted by atomic mass is 35.5. The maximum atomic E-state index is 10.6. The molecule has 2 aromatic rings. The zero-order valence-electron chi connectivity index (χ0n) is 7.64. The van der Waals surface area contributed by atoms with E-state index in [2.05, 4.69) is 10.2 Å². The molecule has 1 aromatic heterocycles. The van der Waals surface area contributed by atoms with Crippen molar-refractivity contribution in [2.24, 2.45) is 0 Å². The Bertz CT molecular complexity index is 607. The number of hydrogen-bond acceptors (Lipinski definition) is 5. The molecular formula is C8H4ClN3O3S. The first kappa shape index (κ1) is 10.8. The van der Waals surface area contributed by atoms with Crippen LogP contribution in [0.25, 0.3) is 11.5 Å². The van der Waals surface area contributed by atoms with E-state index in [1.54, 1.807) is 0 Å². The number of nitrogens with one attached hydrogen (secondary N) is 1. The smallest absolute Gasteiger partial charge is 0.284 e. The van der Waals surface area contributed by atoms with Gasteiger partial charge >= 0.3 is 0 Å². The SMILES string of the molecule is O=[N+]([O-])c1cc(Cl)cc(-c2n[nH]c(=S)o2)c1. The summed E-state index contributed by atoms with van der Waals surface area (Å²) in [5.41, 5.74) is 0.262. The van der Waals surface area contributed by atoms with Crippen molar-refractivity contribution in [1.29, 1.82) is 0 Å². The number of hydrogen-bond donors (Lipinski definition) is 1. The van der Waals surface area contributed by atoms with Gasteiger partial charge in [0.1, 0.15) is 0 Å². The molecule has 0 fully saturated rings. The normalized spacial score (nSPS) is 10.3. The van der Waals surface area contributed by atoms with Gasteiger partial charge in [-0.3, -0.25) is 10.1 Å². The van der Waals surface area contributed by atoms with Gasteiger partial charge < -0.3 is 4.42 Å². The zero-order valence-corrected chi connectivity index (χ0v) is 9.21. The Hall–Kier alpha value is -1.73. The Morgan fingerprint density at radius 1 is 1.50 bits per heavy atom. The summed E-state index contributed by atoms with van der Waals surface area (Å²) in [5.74, 6) is 0.163. The van der Waals surface area contributed by atoms with Gasteiger partial charge in [0.25, 0.3) is 10.5 Å². The fraction of sp³-hybridized carbons (Fsp3) is 0. The summed E-state index contributed by atoms with van der Waals surface area (Å²) in [6, 6.07) is 4.05. The standard InChI is InChI=1S/C8H4ClN3O3S/c9-5-1-4(2-6(3-5)12(13)14)7-10-11-8(16)15-7/h1-3H,(H,11,16). The van der Waals surface area contributed by atoms with Gasteiger partial charge in [-0.25, -0.2) is 5.10 Å². The molecule has 1 N–H and O–H groups in total. The molecule has 8 heteroatoms. The minimum atomic E-state index is -0.545. The van der Waals surface area contributed by atoms with E-state index in [4.69, 9.17) is 28.2 Å². The van der Waals surface area contributed by atoms with Crippen molar-refractivity contribution >= 4 is 29.5 Å². The summed E-state index contributed by atoms with van der Waals surface area (Å²) in [6.45, 7) is 0. The van der Waals surface area contributed by atoms with Crippen LogP contribution >= 0.6 is 23.8 Å². The summed E-state index contributed by atoms with van der Waals surface area (Å²) < 4.78 is 5.03. The van der Waals surface area contributed by atoms with Crippen LogP contribution in [0, 0.1) is 15.0 Å². The van der Waals surface area contributed by atoms with Crippen LogP contribution in [0.15, 0.2) is 22.6 Å². The summed E-state index contributed by atoms with van der Waals surface area (Å²) in [4.78, 5) is 10.2. The lowest BCUT2D eigenvalue weighted by Crippen LogP contribution is -1.89. The maximum Gasteiger partial charge on any atom is 0.284 e. The lowest BCUT2D eigenvalue weighted by molar-refractivity contribution is -0.384. The second-order valence-electron chi connectivity index (χ2n) is 2.87. The highest BCUT2D eigenvalue weighted by Gasteiger charge is 2.12. The number of H-pyrrole nitrogens is 1. The summed E-state index contributed by atoms with van der Waals surface area (Å²) in [5, 5.41) is 17.0. The van der Waals surface area contributed by atoms with Gasteiger partial charge in [0, 0.05) is 22.7 Å². The Morgan fingerprint density at radius 3 is 2.81 bits per heavy atom. The third kappa shape index (κ3) is 2.10. The Kier molecular flexibility index (Phi) is 2.71. The fourth-order valence-electron chi connectivity index (χ4n) is 1.16. The molecule has 0 amide bonds. The molecule has 6 nitrogen and oxygen atoms in total. The van der Waals surface area contributed by atoms with Crippen molar-refractivity contribution in [3.63, 3.8) is 0 Å². The second-order valence-corrected chi connectivity index (χ2v) is 3.68. The molecule has 0 spiro atoms. The van der Waals surface area contributed by atoms with Crippen molar-refractivity contribution in [2.75, 3.05) is 0 Å². The number of halogens is 1. The number of non-ortho nitro benzene ring substituents is 1. The molecule has 16 heavy (non-hydrogen) atoms. The fourth-order valence-corrected chi connectivity index (χ4v) is 1.51. The number of nitro benzene ring substituents is 1. The van der Waals surface area contributed by atoms with Crippen LogP contribution in [0.3, 0.4) is 0 Å². The lowest BCUT2D eigenvalue weighted by atomic mass is 10.2. The number of rotatable bonds is 2. The van der Waals surface area contributed by atoms with E-state index >= 15 is 0 Å². The van der Waals surface area contributed by atoms with Gasteiger partial charge in [0.05, 0.1) is 4.92 Å². The number of aromatic nitrogens is 2. The maximum absolute atomic E-state index is 10.6. The molecule has 0 radical (unpaired) electrons. The van der Waals surface area contributed by atoms with Crippen LogP contribution < -0.4 is 0 Å². The first-order valence-corrected chi connectivity index (χ1v) is 4.86. The predicted molar refractivity (Wildman–Crippen MR) is 58.8 cm³/mol. The molecule has 0 unspecified atom stereocenters. The van der Waals surface area contributed by atoms with Gasteiger partial charge in [-0.1, -0.05) is 11.6 Å². The summed E-state index contributed by atoms with van der Waals surface area (Å²) >= 11 is 10.4. The van der Waals surface area contributed by atoms with Crippen molar-refractivity contribution in [3.8, 4) is 11.5 Å². The summed E-state index contributed by atoms with van der Waals surface area (Å²) in [7, 11) is 0. The van der Waals surface area contributed by atoms with Crippen LogP contribution in [0.1, 0.15) is 0 Å². The number of benzene rings is 1. The van der Waals surface area contributed by atoms with Crippen LogP contribution in [-0.4, -0.2) is 15.1 Å². The first-order valence-electron chi connectivity index (χ1n) is 4.07. The van der Waals surface area contributed by atoms with E-state index in [1.807, 2.05) is 0 Å². The average Bonchev–Trinajstić information content (AvgIpc) is 2.64. The Balaban J connectivity index is 2.57. The molecule has 0 bridgehead atoms. The molecule has 2 rings (SSSR count).